The second kappa shape index (κ2) is 13.2. The smallest absolute Gasteiger partial charge is 0.339 e. The maximum absolute atomic E-state index is 13.4. The number of halogens is 2. The summed E-state index contributed by atoms with van der Waals surface area (Å²) in [5.74, 6) is -1.62. The highest BCUT2D eigenvalue weighted by molar-refractivity contribution is 9.10. The third kappa shape index (κ3) is 7.90. The number of hydrogen-bond acceptors (Lipinski definition) is 4. The predicted octanol–water partition coefficient (Wildman–Crippen LogP) is 6.85. The highest BCUT2D eigenvalue weighted by Crippen LogP contribution is 2.20. The van der Waals surface area contributed by atoms with E-state index < -0.39 is 17.8 Å². The minimum absolute atomic E-state index is 0.113. The van der Waals surface area contributed by atoms with Crippen molar-refractivity contribution in [2.45, 2.75) is 58.5 Å². The number of esters is 2. The summed E-state index contributed by atoms with van der Waals surface area (Å²) < 4.78 is 24.7. The summed E-state index contributed by atoms with van der Waals surface area (Å²) in [6, 6.07) is 10.5. The Kier molecular flexibility index (Phi) is 10.6. The molecule has 0 saturated carbocycles. The third-order valence-electron chi connectivity index (χ3n) is 4.71. The number of benzene rings is 2. The Morgan fingerprint density at radius 2 is 1.47 bits per heavy atom. The minimum Gasteiger partial charge on any atom is -0.462 e. The van der Waals surface area contributed by atoms with Gasteiger partial charge in [-0.1, -0.05) is 73.5 Å². The minimum atomic E-state index is -0.658. The van der Waals surface area contributed by atoms with E-state index in [1.807, 2.05) is 0 Å². The topological polar surface area (TPSA) is 52.6 Å². The number of hydrogen-bond donors (Lipinski definition) is 0. The van der Waals surface area contributed by atoms with Gasteiger partial charge in [0.15, 0.2) is 0 Å². The Labute approximate surface area is 185 Å². The largest absolute Gasteiger partial charge is 0.462 e. The van der Waals surface area contributed by atoms with Crippen molar-refractivity contribution in [1.29, 1.82) is 0 Å². The molecule has 0 N–H and O–H groups in total. The number of unbranched alkanes of at least 4 members (excludes halogenated alkanes) is 6. The van der Waals surface area contributed by atoms with Crippen molar-refractivity contribution in [3.63, 3.8) is 0 Å². The number of carbonyl (C=O) groups excluding carboxylic acids is 2. The fourth-order valence-electron chi connectivity index (χ4n) is 3.02. The van der Waals surface area contributed by atoms with Crippen LogP contribution in [0.5, 0.6) is 0 Å². The van der Waals surface area contributed by atoms with Gasteiger partial charge in [0.05, 0.1) is 17.7 Å². The molecular formula is C24H28BrFO4. The molecule has 0 unspecified atom stereocenters. The Balaban J connectivity index is 1.86. The van der Waals surface area contributed by atoms with Gasteiger partial charge in [-0.15, -0.1) is 0 Å². The van der Waals surface area contributed by atoms with Crippen LogP contribution in [0.2, 0.25) is 0 Å². The van der Waals surface area contributed by atoms with Crippen LogP contribution in [0, 0.1) is 5.82 Å². The Morgan fingerprint density at radius 1 is 0.867 bits per heavy atom. The van der Waals surface area contributed by atoms with Gasteiger partial charge in [-0.2, -0.15) is 0 Å². The molecule has 0 fully saturated rings. The summed E-state index contributed by atoms with van der Waals surface area (Å²) in [7, 11) is 0. The first-order valence-corrected chi connectivity index (χ1v) is 11.2. The molecule has 0 aliphatic heterocycles. The zero-order valence-corrected chi connectivity index (χ0v) is 18.9. The SMILES string of the molecule is CCCCCCCCCOC(=O)c1ccccc1C(=O)OCc1cc(F)ccc1Br. The van der Waals surface area contributed by atoms with Gasteiger partial charge in [-0.25, -0.2) is 14.0 Å². The first-order valence-electron chi connectivity index (χ1n) is 10.4. The third-order valence-corrected chi connectivity index (χ3v) is 5.49. The molecule has 0 aliphatic carbocycles. The van der Waals surface area contributed by atoms with E-state index in [0.717, 1.165) is 19.3 Å². The second-order valence-corrected chi connectivity index (χ2v) is 7.97. The van der Waals surface area contributed by atoms with E-state index in [0.29, 0.717) is 16.6 Å². The standard InChI is InChI=1S/C24H28BrFO4/c1-2-3-4-5-6-7-10-15-29-23(27)20-11-8-9-12-21(20)24(28)30-17-18-16-19(26)13-14-22(18)25/h8-9,11-14,16H,2-7,10,15,17H2,1H3. The van der Waals surface area contributed by atoms with Gasteiger partial charge in [-0.05, 0) is 36.8 Å². The Morgan fingerprint density at radius 3 is 2.13 bits per heavy atom. The monoisotopic (exact) mass is 478 g/mol. The lowest BCUT2D eigenvalue weighted by molar-refractivity contribution is 0.0435. The van der Waals surface area contributed by atoms with E-state index in [1.165, 1.54) is 43.9 Å². The van der Waals surface area contributed by atoms with Crippen molar-refractivity contribution in [1.82, 2.24) is 0 Å². The van der Waals surface area contributed by atoms with E-state index in [9.17, 15) is 14.0 Å². The molecule has 0 saturated heterocycles. The molecule has 0 amide bonds. The lowest BCUT2D eigenvalue weighted by Gasteiger charge is -2.11. The zero-order valence-electron chi connectivity index (χ0n) is 17.3. The molecule has 0 aliphatic rings. The lowest BCUT2D eigenvalue weighted by atomic mass is 10.1. The van der Waals surface area contributed by atoms with Crippen LogP contribution < -0.4 is 0 Å². The highest BCUT2D eigenvalue weighted by Gasteiger charge is 2.19. The molecule has 4 nitrogen and oxygen atoms in total. The van der Waals surface area contributed by atoms with Crippen LogP contribution in [-0.2, 0) is 16.1 Å². The van der Waals surface area contributed by atoms with Gasteiger partial charge in [0.2, 0.25) is 0 Å². The number of carbonyl (C=O) groups is 2. The molecule has 2 rings (SSSR count). The quantitative estimate of drug-likeness (QED) is 0.247. The first kappa shape index (κ1) is 24.1. The number of ether oxygens (including phenoxy) is 2. The molecule has 0 atom stereocenters. The highest BCUT2D eigenvalue weighted by atomic mass is 79.9. The molecule has 0 spiro atoms. The molecule has 2 aromatic rings. The van der Waals surface area contributed by atoms with E-state index in [1.54, 1.807) is 24.3 Å². The van der Waals surface area contributed by atoms with Crippen LogP contribution >= 0.6 is 15.9 Å². The summed E-state index contributed by atoms with van der Waals surface area (Å²) in [5, 5.41) is 0. The van der Waals surface area contributed by atoms with Gasteiger partial charge in [0.25, 0.3) is 0 Å². The van der Waals surface area contributed by atoms with Crippen LogP contribution in [0.3, 0.4) is 0 Å². The van der Waals surface area contributed by atoms with Crippen LogP contribution in [0.1, 0.15) is 78.1 Å². The van der Waals surface area contributed by atoms with Gasteiger partial charge in [0.1, 0.15) is 12.4 Å². The average molecular weight is 479 g/mol. The normalized spacial score (nSPS) is 10.6. The van der Waals surface area contributed by atoms with Crippen molar-refractivity contribution >= 4 is 27.9 Å². The Hall–Kier alpha value is -2.21. The molecule has 2 aromatic carbocycles. The fourth-order valence-corrected chi connectivity index (χ4v) is 3.38. The van der Waals surface area contributed by atoms with Crippen LogP contribution in [0.15, 0.2) is 46.9 Å². The Bertz CT molecular complexity index is 838. The maximum Gasteiger partial charge on any atom is 0.339 e. The summed E-state index contributed by atoms with van der Waals surface area (Å²) in [6.45, 7) is 2.40. The van der Waals surface area contributed by atoms with Crippen molar-refractivity contribution in [3.05, 3.63) is 69.4 Å². The van der Waals surface area contributed by atoms with Crippen LogP contribution in [-0.4, -0.2) is 18.5 Å². The van der Waals surface area contributed by atoms with Gasteiger partial charge in [-0.3, -0.25) is 0 Å². The predicted molar refractivity (Wildman–Crippen MR) is 118 cm³/mol. The molecule has 0 aromatic heterocycles. The fraction of sp³-hybridized carbons (Fsp3) is 0.417. The van der Waals surface area contributed by atoms with Gasteiger partial charge in [0, 0.05) is 10.0 Å². The van der Waals surface area contributed by atoms with Crippen molar-refractivity contribution in [2.24, 2.45) is 0 Å². The zero-order chi connectivity index (χ0) is 21.8. The number of rotatable bonds is 12. The van der Waals surface area contributed by atoms with Gasteiger partial charge >= 0.3 is 11.9 Å². The van der Waals surface area contributed by atoms with E-state index >= 15 is 0 Å². The molecule has 6 heteroatoms. The van der Waals surface area contributed by atoms with Crippen molar-refractivity contribution in [3.8, 4) is 0 Å². The summed E-state index contributed by atoms with van der Waals surface area (Å²) >= 11 is 3.30. The van der Waals surface area contributed by atoms with Gasteiger partial charge < -0.3 is 9.47 Å². The van der Waals surface area contributed by atoms with E-state index in [-0.39, 0.29) is 17.7 Å². The summed E-state index contributed by atoms with van der Waals surface area (Å²) in [5.41, 5.74) is 0.806. The molecule has 30 heavy (non-hydrogen) atoms. The van der Waals surface area contributed by atoms with Crippen molar-refractivity contribution < 1.29 is 23.5 Å². The molecule has 0 heterocycles. The molecule has 0 radical (unpaired) electrons. The summed E-state index contributed by atoms with van der Waals surface area (Å²) in [4.78, 5) is 24.9. The average Bonchev–Trinajstić information content (AvgIpc) is 2.75. The summed E-state index contributed by atoms with van der Waals surface area (Å²) in [6.07, 6.45) is 7.89. The van der Waals surface area contributed by atoms with E-state index in [4.69, 9.17) is 9.47 Å². The van der Waals surface area contributed by atoms with Crippen LogP contribution in [0.4, 0.5) is 4.39 Å². The first-order chi connectivity index (χ1) is 14.5. The van der Waals surface area contributed by atoms with Crippen molar-refractivity contribution in [2.75, 3.05) is 6.61 Å². The molecular weight excluding hydrogens is 451 g/mol. The molecule has 162 valence electrons. The maximum atomic E-state index is 13.4. The lowest BCUT2D eigenvalue weighted by Crippen LogP contribution is -2.14. The molecule has 0 bridgehead atoms. The van der Waals surface area contributed by atoms with E-state index in [2.05, 4.69) is 22.9 Å². The van der Waals surface area contributed by atoms with Crippen LogP contribution in [0.25, 0.3) is 0 Å². The second-order valence-electron chi connectivity index (χ2n) is 7.11.